The minimum atomic E-state index is -0.262. The number of hydrogen-bond donors (Lipinski definition) is 1. The van der Waals surface area contributed by atoms with Gasteiger partial charge in [-0.3, -0.25) is 0 Å². The van der Waals surface area contributed by atoms with Gasteiger partial charge in [0.2, 0.25) is 0 Å². The highest BCUT2D eigenvalue weighted by Gasteiger charge is 2.25. The van der Waals surface area contributed by atoms with Gasteiger partial charge in [0, 0.05) is 24.0 Å². The first-order valence-corrected chi connectivity index (χ1v) is 7.44. The van der Waals surface area contributed by atoms with Crippen LogP contribution in [0.1, 0.15) is 13.8 Å². The summed E-state index contributed by atoms with van der Waals surface area (Å²) in [4.78, 5) is 14.3. The van der Waals surface area contributed by atoms with Crippen LogP contribution in [0.5, 0.6) is 0 Å². The minimum absolute atomic E-state index is 0.149. The Morgan fingerprint density at radius 3 is 2.77 bits per heavy atom. The van der Waals surface area contributed by atoms with Crippen LogP contribution in [-0.4, -0.2) is 40.2 Å². The zero-order valence-corrected chi connectivity index (χ0v) is 12.5. The lowest BCUT2D eigenvalue weighted by molar-refractivity contribution is -0.00537. The van der Waals surface area contributed by atoms with E-state index in [1.165, 1.54) is 12.1 Å². The van der Waals surface area contributed by atoms with Gasteiger partial charge in [-0.05, 0) is 32.0 Å². The summed E-state index contributed by atoms with van der Waals surface area (Å²) in [5.41, 5.74) is 2.48. The van der Waals surface area contributed by atoms with Gasteiger partial charge in [0.1, 0.15) is 23.2 Å². The predicted octanol–water partition coefficient (Wildman–Crippen LogP) is 2.86. The largest absolute Gasteiger partial charge is 0.372 e. The monoisotopic (exact) mass is 300 g/mol. The van der Waals surface area contributed by atoms with Gasteiger partial charge >= 0.3 is 0 Å². The summed E-state index contributed by atoms with van der Waals surface area (Å²) in [6.45, 7) is 5.67. The van der Waals surface area contributed by atoms with Crippen LogP contribution in [0.4, 0.5) is 10.2 Å². The van der Waals surface area contributed by atoms with Crippen molar-refractivity contribution in [3.8, 4) is 0 Å². The Morgan fingerprint density at radius 1 is 1.23 bits per heavy atom. The van der Waals surface area contributed by atoms with Crippen LogP contribution in [0.3, 0.4) is 0 Å². The summed E-state index contributed by atoms with van der Waals surface area (Å²) < 4.78 is 19.3. The molecule has 0 radical (unpaired) electrons. The van der Waals surface area contributed by atoms with Crippen molar-refractivity contribution in [2.75, 3.05) is 18.0 Å². The summed E-state index contributed by atoms with van der Waals surface area (Å²) in [6.07, 6.45) is 1.84. The number of hydrogen-bond acceptors (Lipinski definition) is 4. The first kappa shape index (κ1) is 13.5. The van der Waals surface area contributed by atoms with Gasteiger partial charge < -0.3 is 14.6 Å². The lowest BCUT2D eigenvalue weighted by Crippen LogP contribution is -2.46. The number of fused-ring (bicyclic) bond motifs is 3. The number of anilines is 1. The molecular formula is C16H17FN4O. The van der Waals surface area contributed by atoms with Gasteiger partial charge in [0.05, 0.1) is 12.2 Å². The van der Waals surface area contributed by atoms with Crippen molar-refractivity contribution >= 4 is 27.8 Å². The van der Waals surface area contributed by atoms with E-state index in [1.54, 1.807) is 12.4 Å². The summed E-state index contributed by atoms with van der Waals surface area (Å²) in [6, 6.07) is 4.69. The molecule has 1 N–H and O–H groups in total. The minimum Gasteiger partial charge on any atom is -0.372 e. The van der Waals surface area contributed by atoms with E-state index in [9.17, 15) is 4.39 Å². The van der Waals surface area contributed by atoms with E-state index in [2.05, 4.69) is 33.7 Å². The van der Waals surface area contributed by atoms with E-state index in [0.717, 1.165) is 40.8 Å². The van der Waals surface area contributed by atoms with Crippen molar-refractivity contribution in [3.63, 3.8) is 0 Å². The zero-order chi connectivity index (χ0) is 15.3. The van der Waals surface area contributed by atoms with Crippen molar-refractivity contribution in [2.45, 2.75) is 26.1 Å². The Kier molecular flexibility index (Phi) is 3.00. The second-order valence-electron chi connectivity index (χ2n) is 5.90. The SMILES string of the molecule is C[C@@H]1CN(c2ncnc3c2[nH]c2ccc(F)cc23)C[C@H](C)O1. The van der Waals surface area contributed by atoms with Gasteiger partial charge in [-0.2, -0.15) is 0 Å². The third-order valence-corrected chi connectivity index (χ3v) is 4.04. The quantitative estimate of drug-likeness (QED) is 0.751. The van der Waals surface area contributed by atoms with Crippen molar-refractivity contribution in [1.29, 1.82) is 0 Å². The van der Waals surface area contributed by atoms with Crippen LogP contribution in [-0.2, 0) is 4.74 Å². The maximum atomic E-state index is 13.5. The average Bonchev–Trinajstić information content (AvgIpc) is 2.84. The second kappa shape index (κ2) is 4.91. The maximum absolute atomic E-state index is 13.5. The van der Waals surface area contributed by atoms with Crippen LogP contribution in [0, 0.1) is 5.82 Å². The van der Waals surface area contributed by atoms with Crippen LogP contribution in [0.15, 0.2) is 24.5 Å². The van der Waals surface area contributed by atoms with Crippen LogP contribution in [0.25, 0.3) is 21.9 Å². The molecule has 3 aromatic rings. The predicted molar refractivity (Wildman–Crippen MR) is 83.6 cm³/mol. The number of rotatable bonds is 1. The van der Waals surface area contributed by atoms with Gasteiger partial charge in [-0.1, -0.05) is 0 Å². The fourth-order valence-corrected chi connectivity index (χ4v) is 3.24. The van der Waals surface area contributed by atoms with Gasteiger partial charge in [0.25, 0.3) is 0 Å². The molecule has 2 atom stereocenters. The highest BCUT2D eigenvalue weighted by Crippen LogP contribution is 2.30. The van der Waals surface area contributed by atoms with Crippen LogP contribution >= 0.6 is 0 Å². The second-order valence-corrected chi connectivity index (χ2v) is 5.90. The lowest BCUT2D eigenvalue weighted by atomic mass is 10.2. The Labute approximate surface area is 127 Å². The van der Waals surface area contributed by atoms with E-state index in [1.807, 2.05) is 0 Å². The molecule has 1 fully saturated rings. The molecule has 0 aliphatic carbocycles. The van der Waals surface area contributed by atoms with Crippen molar-refractivity contribution in [3.05, 3.63) is 30.3 Å². The van der Waals surface area contributed by atoms with Crippen molar-refractivity contribution < 1.29 is 9.13 Å². The Balaban J connectivity index is 1.89. The Morgan fingerprint density at radius 2 is 2.00 bits per heavy atom. The van der Waals surface area contributed by atoms with Gasteiger partial charge in [-0.15, -0.1) is 0 Å². The molecule has 1 saturated heterocycles. The number of aromatic nitrogens is 3. The van der Waals surface area contributed by atoms with Crippen molar-refractivity contribution in [1.82, 2.24) is 15.0 Å². The first-order chi connectivity index (χ1) is 10.6. The molecule has 3 heterocycles. The third-order valence-electron chi connectivity index (χ3n) is 4.04. The fourth-order valence-electron chi connectivity index (χ4n) is 3.24. The molecule has 0 spiro atoms. The van der Waals surface area contributed by atoms with Gasteiger partial charge in [-0.25, -0.2) is 14.4 Å². The number of ether oxygens (including phenoxy) is 1. The molecule has 0 amide bonds. The van der Waals surface area contributed by atoms with E-state index >= 15 is 0 Å². The number of nitrogens with zero attached hydrogens (tertiary/aromatic N) is 3. The summed E-state index contributed by atoms with van der Waals surface area (Å²) >= 11 is 0. The van der Waals surface area contributed by atoms with E-state index in [-0.39, 0.29) is 18.0 Å². The molecule has 1 aliphatic heterocycles. The number of aromatic amines is 1. The van der Waals surface area contributed by atoms with Crippen LogP contribution in [0.2, 0.25) is 0 Å². The molecule has 5 nitrogen and oxygen atoms in total. The highest BCUT2D eigenvalue weighted by molar-refractivity contribution is 6.08. The third kappa shape index (κ3) is 2.11. The molecule has 114 valence electrons. The van der Waals surface area contributed by atoms with E-state index in [4.69, 9.17) is 4.74 Å². The number of benzene rings is 1. The highest BCUT2D eigenvalue weighted by atomic mass is 19.1. The Hall–Kier alpha value is -2.21. The van der Waals surface area contributed by atoms with Gasteiger partial charge in [0.15, 0.2) is 5.82 Å². The molecule has 0 saturated carbocycles. The van der Waals surface area contributed by atoms with E-state index < -0.39 is 0 Å². The number of H-pyrrole nitrogens is 1. The average molecular weight is 300 g/mol. The van der Waals surface area contributed by atoms with Crippen molar-refractivity contribution in [2.24, 2.45) is 0 Å². The lowest BCUT2D eigenvalue weighted by Gasteiger charge is -2.36. The summed E-state index contributed by atoms with van der Waals surface area (Å²) in [7, 11) is 0. The summed E-state index contributed by atoms with van der Waals surface area (Å²) in [5, 5.41) is 0.785. The fraction of sp³-hybridized carbons (Fsp3) is 0.375. The zero-order valence-electron chi connectivity index (χ0n) is 12.5. The standard InChI is InChI=1S/C16H17FN4O/c1-9-6-21(7-10(2)22-9)16-15-14(18-8-19-16)12-5-11(17)3-4-13(12)20-15/h3-5,8-10,20H,6-7H2,1-2H3/t9-,10+. The Bertz CT molecular complexity index is 837. The molecule has 0 bridgehead atoms. The molecule has 0 unspecified atom stereocenters. The maximum Gasteiger partial charge on any atom is 0.156 e. The number of halogens is 1. The molecule has 4 rings (SSSR count). The number of nitrogens with one attached hydrogen (secondary N) is 1. The molecule has 2 aromatic heterocycles. The normalized spacial score (nSPS) is 22.6. The summed E-state index contributed by atoms with van der Waals surface area (Å²) in [5.74, 6) is 0.589. The molecular weight excluding hydrogens is 283 g/mol. The molecule has 1 aromatic carbocycles. The topological polar surface area (TPSA) is 54.0 Å². The molecule has 6 heteroatoms. The molecule has 1 aliphatic rings. The number of morpholine rings is 1. The smallest absolute Gasteiger partial charge is 0.156 e. The first-order valence-electron chi connectivity index (χ1n) is 7.44. The van der Waals surface area contributed by atoms with Crippen LogP contribution < -0.4 is 4.90 Å². The van der Waals surface area contributed by atoms with E-state index in [0.29, 0.717) is 0 Å². The molecule has 22 heavy (non-hydrogen) atoms.